The van der Waals surface area contributed by atoms with Crippen LogP contribution in [0, 0.1) is 6.92 Å². The summed E-state index contributed by atoms with van der Waals surface area (Å²) >= 11 is 1.60. The molecule has 0 aliphatic rings. The van der Waals surface area contributed by atoms with Crippen molar-refractivity contribution in [1.82, 2.24) is 4.98 Å². The van der Waals surface area contributed by atoms with Gasteiger partial charge in [0.05, 0.1) is 17.8 Å². The second-order valence-corrected chi connectivity index (χ2v) is 8.76. The zero-order valence-electron chi connectivity index (χ0n) is 12.1. The minimum Gasteiger partial charge on any atom is -0.465 e. The minimum atomic E-state index is -4.70. The van der Waals surface area contributed by atoms with Crippen LogP contribution in [-0.4, -0.2) is 48.1 Å². The van der Waals surface area contributed by atoms with Crippen molar-refractivity contribution in [2.24, 2.45) is 0 Å². The van der Waals surface area contributed by atoms with E-state index < -0.39 is 24.8 Å². The number of rotatable bonds is 5. The molecule has 128 valence electrons. The van der Waals surface area contributed by atoms with Crippen LogP contribution in [0.25, 0.3) is 0 Å². The molecule has 1 aromatic heterocycles. The van der Waals surface area contributed by atoms with E-state index in [1.165, 1.54) is 11.8 Å². The Bertz CT molecular complexity index is 660. The third-order valence-electron chi connectivity index (χ3n) is 2.32. The highest BCUT2D eigenvalue weighted by molar-refractivity contribution is 8.03. The van der Waals surface area contributed by atoms with Gasteiger partial charge in [-0.2, -0.15) is 16.8 Å². The molecule has 0 spiro atoms. The Labute approximate surface area is 132 Å². The summed E-state index contributed by atoms with van der Waals surface area (Å²) in [5, 5.41) is 0. The summed E-state index contributed by atoms with van der Waals surface area (Å²) < 4.78 is 58.7. The van der Waals surface area contributed by atoms with Gasteiger partial charge in [-0.3, -0.25) is 13.9 Å². The van der Waals surface area contributed by atoms with Gasteiger partial charge in [0.25, 0.3) is 20.2 Å². The minimum absolute atomic E-state index is 0.225. The van der Waals surface area contributed by atoms with Gasteiger partial charge < -0.3 is 4.74 Å². The zero-order valence-corrected chi connectivity index (χ0v) is 14.5. The van der Waals surface area contributed by atoms with E-state index in [4.69, 9.17) is 13.8 Å². The summed E-state index contributed by atoms with van der Waals surface area (Å²) in [6.45, 7) is 4.49. The van der Waals surface area contributed by atoms with E-state index >= 15 is 0 Å². The number of aryl methyl sites for hydroxylation is 1. The second-order valence-electron chi connectivity index (χ2n) is 4.05. The molecule has 0 atom stereocenters. The summed E-state index contributed by atoms with van der Waals surface area (Å²) in [5.41, 5.74) is 2.84. The van der Waals surface area contributed by atoms with E-state index in [-0.39, 0.29) is 5.97 Å². The molecule has 0 fully saturated rings. The van der Waals surface area contributed by atoms with Crippen LogP contribution >= 0.6 is 11.3 Å². The molecule has 12 heteroatoms. The first-order chi connectivity index (χ1) is 9.85. The second kappa shape index (κ2) is 8.53. The summed E-state index contributed by atoms with van der Waals surface area (Å²) in [7, 11) is -9.40. The molecule has 9 nitrogen and oxygen atoms in total. The molecule has 0 aromatic carbocycles. The standard InChI is InChI=1S/C8H11NO2S.C2H6O6S2/c1-6-8(12-5-9-6)3-4-11-7(2)10;1-2(9(3,4)5)10(6,7)8/h5H,3-4H2,1-2H3;2H,1H3,(H,3,4,5)(H,6,7,8). The zero-order chi connectivity index (χ0) is 17.6. The van der Waals surface area contributed by atoms with Gasteiger partial charge in [-0.25, -0.2) is 4.98 Å². The van der Waals surface area contributed by atoms with Crippen LogP contribution in [0.3, 0.4) is 0 Å². The number of ether oxygens (including phenoxy) is 1. The molecule has 1 rings (SSSR count). The predicted octanol–water partition coefficient (Wildman–Crippen LogP) is 0.665. The molecular weight excluding hydrogens is 358 g/mol. The fourth-order valence-electron chi connectivity index (χ4n) is 1.01. The molecule has 0 aliphatic heterocycles. The number of hydrogen-bond donors (Lipinski definition) is 2. The molecule has 0 amide bonds. The van der Waals surface area contributed by atoms with E-state index in [0.29, 0.717) is 13.5 Å². The molecule has 2 N–H and O–H groups in total. The Hall–Kier alpha value is -1.08. The van der Waals surface area contributed by atoms with Gasteiger partial charge in [0.1, 0.15) is 0 Å². The Kier molecular flexibility index (Phi) is 8.11. The van der Waals surface area contributed by atoms with Crippen molar-refractivity contribution >= 4 is 37.5 Å². The molecule has 0 bridgehead atoms. The first-order valence-corrected chi connectivity index (χ1v) is 9.69. The monoisotopic (exact) mass is 375 g/mol. The molecule has 0 radical (unpaired) electrons. The lowest BCUT2D eigenvalue weighted by atomic mass is 10.3. The quantitative estimate of drug-likeness (QED) is 0.559. The first kappa shape index (κ1) is 20.9. The average Bonchev–Trinajstić information content (AvgIpc) is 2.72. The van der Waals surface area contributed by atoms with Crippen molar-refractivity contribution in [1.29, 1.82) is 0 Å². The van der Waals surface area contributed by atoms with Crippen LogP contribution in [-0.2, 0) is 36.2 Å². The van der Waals surface area contributed by atoms with Crippen molar-refractivity contribution in [2.75, 3.05) is 6.61 Å². The normalized spacial score (nSPS) is 11.7. The maximum absolute atomic E-state index is 10.4. The van der Waals surface area contributed by atoms with Gasteiger partial charge in [0, 0.05) is 18.2 Å². The van der Waals surface area contributed by atoms with Gasteiger partial charge >= 0.3 is 5.97 Å². The van der Waals surface area contributed by atoms with Crippen LogP contribution in [0.15, 0.2) is 5.51 Å². The number of nitrogens with zero attached hydrogens (tertiary/aromatic N) is 1. The number of aromatic nitrogens is 1. The van der Waals surface area contributed by atoms with E-state index in [9.17, 15) is 21.6 Å². The molecule has 1 aromatic rings. The van der Waals surface area contributed by atoms with Crippen molar-refractivity contribution in [2.45, 2.75) is 31.8 Å². The lowest BCUT2D eigenvalue weighted by molar-refractivity contribution is -0.140. The van der Waals surface area contributed by atoms with Crippen LogP contribution < -0.4 is 0 Å². The number of carbonyl (C=O) groups is 1. The van der Waals surface area contributed by atoms with Crippen molar-refractivity contribution < 1.29 is 35.5 Å². The maximum Gasteiger partial charge on any atom is 0.302 e. The topological polar surface area (TPSA) is 148 Å². The van der Waals surface area contributed by atoms with Crippen LogP contribution in [0.4, 0.5) is 0 Å². The molecule has 0 aliphatic carbocycles. The van der Waals surface area contributed by atoms with E-state index in [2.05, 4.69) is 4.98 Å². The Morgan fingerprint density at radius 2 is 1.82 bits per heavy atom. The van der Waals surface area contributed by atoms with Crippen molar-refractivity contribution in [3.8, 4) is 0 Å². The molecule has 0 saturated heterocycles. The third kappa shape index (κ3) is 8.38. The van der Waals surface area contributed by atoms with Crippen molar-refractivity contribution in [3.05, 3.63) is 16.1 Å². The van der Waals surface area contributed by atoms with Crippen molar-refractivity contribution in [3.63, 3.8) is 0 Å². The maximum atomic E-state index is 10.4. The lowest BCUT2D eigenvalue weighted by Crippen LogP contribution is -2.25. The third-order valence-corrected chi connectivity index (χ3v) is 6.45. The van der Waals surface area contributed by atoms with Crippen LogP contribution in [0.2, 0.25) is 0 Å². The predicted molar refractivity (Wildman–Crippen MR) is 79.7 cm³/mol. The summed E-state index contributed by atoms with van der Waals surface area (Å²) in [4.78, 5) is 15.7. The lowest BCUT2D eigenvalue weighted by Gasteiger charge is -2.01. The molecular formula is C10H17NO8S3. The molecule has 0 unspecified atom stereocenters. The Morgan fingerprint density at radius 3 is 2.09 bits per heavy atom. The van der Waals surface area contributed by atoms with Crippen LogP contribution in [0.5, 0.6) is 0 Å². The number of esters is 1. The number of thiazole rings is 1. The highest BCUT2D eigenvalue weighted by atomic mass is 32.3. The fraction of sp³-hybridized carbons (Fsp3) is 0.600. The van der Waals surface area contributed by atoms with E-state index in [1.807, 2.05) is 6.92 Å². The van der Waals surface area contributed by atoms with Gasteiger partial charge in [-0.15, -0.1) is 11.3 Å². The molecule has 0 saturated carbocycles. The number of carbonyl (C=O) groups excluding carboxylic acids is 1. The van der Waals surface area contributed by atoms with Gasteiger partial charge in [-0.05, 0) is 13.8 Å². The van der Waals surface area contributed by atoms with Gasteiger partial charge in [0.2, 0.25) is 4.58 Å². The SMILES string of the molecule is CC(=O)OCCc1scnc1C.CC(S(=O)(=O)O)S(=O)(=O)O. The Morgan fingerprint density at radius 1 is 1.32 bits per heavy atom. The van der Waals surface area contributed by atoms with Gasteiger partial charge in [-0.1, -0.05) is 0 Å². The average molecular weight is 375 g/mol. The molecule has 22 heavy (non-hydrogen) atoms. The van der Waals surface area contributed by atoms with Gasteiger partial charge in [0.15, 0.2) is 0 Å². The highest BCUT2D eigenvalue weighted by Crippen LogP contribution is 2.12. The Balaban J connectivity index is 0.000000409. The summed E-state index contributed by atoms with van der Waals surface area (Å²) in [6, 6.07) is 0. The summed E-state index contributed by atoms with van der Waals surface area (Å²) in [6.07, 6.45) is 0.774. The smallest absolute Gasteiger partial charge is 0.302 e. The first-order valence-electron chi connectivity index (χ1n) is 5.80. The number of hydrogen-bond acceptors (Lipinski definition) is 8. The molecule has 1 heterocycles. The summed E-state index contributed by atoms with van der Waals surface area (Å²) in [5.74, 6) is -0.225. The fourth-order valence-corrected chi connectivity index (χ4v) is 3.00. The van der Waals surface area contributed by atoms with E-state index in [0.717, 1.165) is 12.1 Å². The van der Waals surface area contributed by atoms with Crippen LogP contribution in [0.1, 0.15) is 24.4 Å². The van der Waals surface area contributed by atoms with E-state index in [1.54, 1.807) is 16.8 Å². The highest BCUT2D eigenvalue weighted by Gasteiger charge is 2.29. The largest absolute Gasteiger partial charge is 0.465 e.